The fraction of sp³-hybridized carbons (Fsp3) is 0.211. The average Bonchev–Trinajstić information content (AvgIpc) is 3.32. The molecule has 3 rings (SSSR count). The molecule has 0 bridgehead atoms. The van der Waals surface area contributed by atoms with Gasteiger partial charge in [-0.1, -0.05) is 0 Å². The predicted octanol–water partition coefficient (Wildman–Crippen LogP) is 3.55. The van der Waals surface area contributed by atoms with E-state index < -0.39 is 15.8 Å². The highest BCUT2D eigenvalue weighted by molar-refractivity contribution is 7.94. The zero-order chi connectivity index (χ0) is 20.1. The summed E-state index contributed by atoms with van der Waals surface area (Å²) in [7, 11) is -3.88. The Hall–Kier alpha value is -2.65. The van der Waals surface area contributed by atoms with Crippen molar-refractivity contribution in [2.45, 2.75) is 24.1 Å². The highest BCUT2D eigenvalue weighted by atomic mass is 32.2. The molecule has 148 valence electrons. The summed E-state index contributed by atoms with van der Waals surface area (Å²) >= 11 is 1.14. The number of nitrogens with one attached hydrogen (secondary N) is 1. The van der Waals surface area contributed by atoms with Crippen LogP contribution >= 0.6 is 11.3 Å². The Kier molecular flexibility index (Phi) is 6.15. The average molecular weight is 423 g/mol. The van der Waals surface area contributed by atoms with E-state index in [2.05, 4.69) is 5.32 Å². The Balaban J connectivity index is 1.88. The van der Waals surface area contributed by atoms with Gasteiger partial charge >= 0.3 is 0 Å². The summed E-state index contributed by atoms with van der Waals surface area (Å²) in [6.07, 6.45) is 2.00. The number of benzene rings is 1. The minimum Gasteiger partial charge on any atom is -0.467 e. The number of thiophene rings is 1. The lowest BCUT2D eigenvalue weighted by molar-refractivity contribution is -0.118. The highest BCUT2D eigenvalue weighted by Gasteiger charge is 2.27. The van der Waals surface area contributed by atoms with Crippen molar-refractivity contribution < 1.29 is 22.0 Å². The summed E-state index contributed by atoms with van der Waals surface area (Å²) in [5, 5.41) is 2.69. The lowest BCUT2D eigenvalue weighted by Crippen LogP contribution is -2.29. The van der Waals surface area contributed by atoms with E-state index in [-0.39, 0.29) is 16.7 Å². The Morgan fingerprint density at radius 3 is 2.57 bits per heavy atom. The zero-order valence-corrected chi connectivity index (χ0v) is 16.7. The summed E-state index contributed by atoms with van der Waals surface area (Å²) < 4.78 is 46.5. The number of nitrogens with zero attached hydrogens (tertiary/aromatic N) is 1. The van der Waals surface area contributed by atoms with Gasteiger partial charge in [-0.25, -0.2) is 12.8 Å². The van der Waals surface area contributed by atoms with Crippen LogP contribution in [0.1, 0.15) is 17.6 Å². The Morgan fingerprint density at radius 1 is 1.18 bits per heavy atom. The monoisotopic (exact) mass is 422 g/mol. The van der Waals surface area contributed by atoms with Crippen LogP contribution in [0.2, 0.25) is 0 Å². The molecule has 0 radical (unpaired) electrons. The van der Waals surface area contributed by atoms with Crippen LogP contribution in [0.25, 0.3) is 0 Å². The van der Waals surface area contributed by atoms with Crippen molar-refractivity contribution in [1.82, 2.24) is 5.32 Å². The molecule has 0 aliphatic rings. The predicted molar refractivity (Wildman–Crippen MR) is 105 cm³/mol. The van der Waals surface area contributed by atoms with Crippen molar-refractivity contribution in [3.05, 3.63) is 71.2 Å². The first-order chi connectivity index (χ1) is 13.4. The standard InChI is InChI=1S/C19H19FN2O4S2/c1-14(23)21-11-10-18-8-9-19(27-18)28(24,25)22(13-17-3-2-12-26-17)16-6-4-15(20)5-7-16/h2-9,12H,10-11,13H2,1H3,(H,21,23). The topological polar surface area (TPSA) is 79.6 Å². The van der Waals surface area contributed by atoms with Gasteiger partial charge in [0.1, 0.15) is 15.8 Å². The molecular formula is C19H19FN2O4S2. The molecule has 0 spiro atoms. The number of sulfonamides is 1. The zero-order valence-electron chi connectivity index (χ0n) is 15.1. The third-order valence-electron chi connectivity index (χ3n) is 3.92. The van der Waals surface area contributed by atoms with Crippen LogP contribution in [0.15, 0.2) is 63.4 Å². The third-order valence-corrected chi connectivity index (χ3v) is 7.31. The minimum atomic E-state index is -3.88. The molecule has 6 nitrogen and oxygen atoms in total. The summed E-state index contributed by atoms with van der Waals surface area (Å²) in [4.78, 5) is 11.8. The molecule has 2 aromatic heterocycles. The number of hydrogen-bond acceptors (Lipinski definition) is 5. The van der Waals surface area contributed by atoms with Crippen LogP contribution in [-0.4, -0.2) is 20.9 Å². The molecule has 0 atom stereocenters. The van der Waals surface area contributed by atoms with Gasteiger partial charge in [0.2, 0.25) is 5.91 Å². The van der Waals surface area contributed by atoms with E-state index in [9.17, 15) is 17.6 Å². The van der Waals surface area contributed by atoms with Crippen LogP contribution in [-0.2, 0) is 27.8 Å². The van der Waals surface area contributed by atoms with Crippen molar-refractivity contribution in [2.24, 2.45) is 0 Å². The molecule has 0 saturated heterocycles. The fourth-order valence-electron chi connectivity index (χ4n) is 2.57. The molecule has 0 aliphatic carbocycles. The molecule has 0 unspecified atom stereocenters. The first-order valence-electron chi connectivity index (χ1n) is 8.50. The number of anilines is 1. The number of carbonyl (C=O) groups excluding carboxylic acids is 1. The van der Waals surface area contributed by atoms with Gasteiger partial charge in [-0.3, -0.25) is 9.10 Å². The first kappa shape index (κ1) is 20.1. The molecule has 1 N–H and O–H groups in total. The smallest absolute Gasteiger partial charge is 0.274 e. The Morgan fingerprint density at radius 2 is 1.93 bits per heavy atom. The highest BCUT2D eigenvalue weighted by Crippen LogP contribution is 2.30. The van der Waals surface area contributed by atoms with Crippen LogP contribution < -0.4 is 9.62 Å². The molecule has 28 heavy (non-hydrogen) atoms. The van der Waals surface area contributed by atoms with Crippen molar-refractivity contribution >= 4 is 33.0 Å². The van der Waals surface area contributed by atoms with E-state index in [4.69, 9.17) is 4.42 Å². The molecule has 0 aliphatic heterocycles. The van der Waals surface area contributed by atoms with Gasteiger partial charge in [0, 0.05) is 18.3 Å². The second-order valence-corrected chi connectivity index (χ2v) is 9.28. The minimum absolute atomic E-state index is 0.0138. The summed E-state index contributed by atoms with van der Waals surface area (Å²) in [5.41, 5.74) is 0.339. The van der Waals surface area contributed by atoms with E-state index >= 15 is 0 Å². The summed E-state index contributed by atoms with van der Waals surface area (Å²) in [6, 6.07) is 11.9. The Bertz CT molecular complexity index is 1030. The Labute approximate surface area is 166 Å². The number of amides is 1. The summed E-state index contributed by atoms with van der Waals surface area (Å²) in [6.45, 7) is 1.85. The maximum atomic E-state index is 13.3. The lowest BCUT2D eigenvalue weighted by atomic mass is 10.3. The molecule has 0 fully saturated rings. The van der Waals surface area contributed by atoms with Gasteiger partial charge in [0.15, 0.2) is 0 Å². The van der Waals surface area contributed by atoms with Crippen LogP contribution in [0.4, 0.5) is 10.1 Å². The molecule has 9 heteroatoms. The van der Waals surface area contributed by atoms with Crippen molar-refractivity contribution in [3.8, 4) is 0 Å². The van der Waals surface area contributed by atoms with E-state index in [0.717, 1.165) is 16.2 Å². The van der Waals surface area contributed by atoms with Crippen LogP contribution in [0, 0.1) is 5.82 Å². The van der Waals surface area contributed by atoms with Crippen molar-refractivity contribution in [3.63, 3.8) is 0 Å². The molecule has 1 amide bonds. The van der Waals surface area contributed by atoms with Crippen LogP contribution in [0.3, 0.4) is 0 Å². The van der Waals surface area contributed by atoms with E-state index in [0.29, 0.717) is 24.4 Å². The van der Waals surface area contributed by atoms with Crippen LogP contribution in [0.5, 0.6) is 0 Å². The lowest BCUT2D eigenvalue weighted by Gasteiger charge is -2.22. The molecule has 0 saturated carbocycles. The number of hydrogen-bond donors (Lipinski definition) is 1. The number of rotatable bonds is 8. The van der Waals surface area contributed by atoms with Crippen molar-refractivity contribution in [2.75, 3.05) is 10.8 Å². The van der Waals surface area contributed by atoms with Gasteiger partial charge in [-0.15, -0.1) is 11.3 Å². The fourth-order valence-corrected chi connectivity index (χ4v) is 5.47. The maximum Gasteiger partial charge on any atom is 0.274 e. The number of halogens is 1. The normalized spacial score (nSPS) is 11.4. The van der Waals surface area contributed by atoms with Gasteiger partial charge in [-0.2, -0.15) is 0 Å². The molecule has 1 aromatic carbocycles. The van der Waals surface area contributed by atoms with Gasteiger partial charge in [0.25, 0.3) is 10.0 Å². The van der Waals surface area contributed by atoms with E-state index in [1.807, 2.05) is 0 Å². The quantitative estimate of drug-likeness (QED) is 0.602. The van der Waals surface area contributed by atoms with Crippen molar-refractivity contribution in [1.29, 1.82) is 0 Å². The third kappa shape index (κ3) is 4.79. The maximum absolute atomic E-state index is 13.3. The first-order valence-corrected chi connectivity index (χ1v) is 10.8. The SMILES string of the molecule is CC(=O)NCCc1ccc(S(=O)(=O)N(Cc2ccco2)c2ccc(F)cc2)s1. The van der Waals surface area contributed by atoms with Gasteiger partial charge in [-0.05, 0) is 55.0 Å². The summed E-state index contributed by atoms with van der Waals surface area (Å²) in [5.74, 6) is -0.115. The molecule has 3 aromatic rings. The second kappa shape index (κ2) is 8.57. The van der Waals surface area contributed by atoms with Gasteiger partial charge < -0.3 is 9.73 Å². The number of furan rings is 1. The van der Waals surface area contributed by atoms with E-state index in [1.54, 1.807) is 24.3 Å². The largest absolute Gasteiger partial charge is 0.467 e. The van der Waals surface area contributed by atoms with Gasteiger partial charge in [0.05, 0.1) is 18.5 Å². The second-order valence-electron chi connectivity index (χ2n) is 6.02. The number of carbonyl (C=O) groups is 1. The molecule has 2 heterocycles. The van der Waals surface area contributed by atoms with E-state index in [1.165, 1.54) is 41.8 Å². The molecular weight excluding hydrogens is 403 g/mol.